The first kappa shape index (κ1) is 14.0. The van der Waals surface area contributed by atoms with Gasteiger partial charge in [-0.05, 0) is 49.9 Å². The van der Waals surface area contributed by atoms with Crippen molar-refractivity contribution >= 4 is 5.97 Å². The van der Waals surface area contributed by atoms with Gasteiger partial charge in [0.2, 0.25) is 0 Å². The first-order valence-electron chi connectivity index (χ1n) is 6.90. The number of carboxylic acid groups (broad SMARTS) is 1. The van der Waals surface area contributed by atoms with Crippen molar-refractivity contribution in [1.29, 1.82) is 0 Å². The zero-order valence-electron chi connectivity index (χ0n) is 11.1. The Morgan fingerprint density at radius 1 is 1.32 bits per heavy atom. The van der Waals surface area contributed by atoms with Crippen LogP contribution in [0.3, 0.4) is 0 Å². The maximum absolute atomic E-state index is 10.7. The molecule has 104 valence electrons. The van der Waals surface area contributed by atoms with Crippen molar-refractivity contribution in [2.24, 2.45) is 0 Å². The van der Waals surface area contributed by atoms with Crippen LogP contribution in [-0.4, -0.2) is 30.3 Å². The van der Waals surface area contributed by atoms with E-state index in [1.54, 1.807) is 12.1 Å². The Morgan fingerprint density at radius 2 is 2.11 bits per heavy atom. The molecule has 1 aromatic rings. The van der Waals surface area contributed by atoms with Crippen molar-refractivity contribution in [3.8, 4) is 0 Å². The zero-order chi connectivity index (χ0) is 13.5. The third kappa shape index (κ3) is 4.65. The molecule has 0 radical (unpaired) electrons. The largest absolute Gasteiger partial charge is 0.478 e. The highest BCUT2D eigenvalue weighted by atomic mass is 16.5. The zero-order valence-corrected chi connectivity index (χ0v) is 11.1. The number of carbonyl (C=O) groups is 1. The van der Waals surface area contributed by atoms with Crippen LogP contribution in [0.2, 0.25) is 0 Å². The molecule has 19 heavy (non-hydrogen) atoms. The topological polar surface area (TPSA) is 58.6 Å². The Labute approximate surface area is 113 Å². The van der Waals surface area contributed by atoms with Crippen molar-refractivity contribution < 1.29 is 14.6 Å². The second-order valence-corrected chi connectivity index (χ2v) is 4.96. The number of nitrogens with one attached hydrogen (secondary N) is 1. The summed E-state index contributed by atoms with van der Waals surface area (Å²) in [6, 6.07) is 6.99. The van der Waals surface area contributed by atoms with E-state index in [2.05, 4.69) is 5.32 Å². The molecule has 1 fully saturated rings. The SMILES string of the molecule is O=C(O)c1ccc(CNCCC2CCCCO2)cc1. The van der Waals surface area contributed by atoms with Crippen LogP contribution in [0, 0.1) is 0 Å². The monoisotopic (exact) mass is 263 g/mol. The Balaban J connectivity index is 1.66. The third-order valence-corrected chi connectivity index (χ3v) is 3.45. The molecule has 0 spiro atoms. The molecule has 1 unspecified atom stereocenters. The molecule has 1 aliphatic heterocycles. The van der Waals surface area contributed by atoms with Crippen molar-refractivity contribution in [3.05, 3.63) is 35.4 Å². The smallest absolute Gasteiger partial charge is 0.335 e. The van der Waals surface area contributed by atoms with Gasteiger partial charge < -0.3 is 15.2 Å². The molecule has 1 aliphatic rings. The van der Waals surface area contributed by atoms with Gasteiger partial charge in [0.25, 0.3) is 0 Å². The van der Waals surface area contributed by atoms with Crippen molar-refractivity contribution in [2.45, 2.75) is 38.3 Å². The number of rotatable bonds is 6. The summed E-state index contributed by atoms with van der Waals surface area (Å²) < 4.78 is 5.67. The average Bonchev–Trinajstić information content (AvgIpc) is 2.45. The highest BCUT2D eigenvalue weighted by Gasteiger charge is 2.12. The first-order valence-corrected chi connectivity index (χ1v) is 6.90. The average molecular weight is 263 g/mol. The Bertz CT molecular complexity index is 396. The molecule has 0 aromatic heterocycles. The van der Waals surface area contributed by atoms with Gasteiger partial charge >= 0.3 is 5.97 Å². The van der Waals surface area contributed by atoms with Crippen LogP contribution in [0.1, 0.15) is 41.6 Å². The van der Waals surface area contributed by atoms with Crippen molar-refractivity contribution in [3.63, 3.8) is 0 Å². The molecule has 1 saturated heterocycles. The summed E-state index contributed by atoms with van der Waals surface area (Å²) in [6.45, 7) is 2.61. The number of aromatic carboxylic acids is 1. The summed E-state index contributed by atoms with van der Waals surface area (Å²) in [7, 11) is 0. The summed E-state index contributed by atoms with van der Waals surface area (Å²) in [6.07, 6.45) is 5.11. The molecule has 1 heterocycles. The van der Waals surface area contributed by atoms with Crippen LogP contribution in [0.5, 0.6) is 0 Å². The summed E-state index contributed by atoms with van der Waals surface area (Å²) in [5.41, 5.74) is 1.44. The molecule has 0 bridgehead atoms. The number of ether oxygens (including phenoxy) is 1. The standard InChI is InChI=1S/C15H21NO3/c17-15(18)13-6-4-12(5-7-13)11-16-9-8-14-3-1-2-10-19-14/h4-7,14,16H,1-3,8-11H2,(H,17,18). The van der Waals surface area contributed by atoms with Crippen molar-refractivity contribution in [1.82, 2.24) is 5.32 Å². The maximum atomic E-state index is 10.7. The molecule has 0 amide bonds. The molecule has 4 heteroatoms. The van der Waals surface area contributed by atoms with E-state index in [0.29, 0.717) is 11.7 Å². The Kier molecular flexibility index (Phi) is 5.36. The molecule has 1 atom stereocenters. The predicted octanol–water partition coefficient (Wildman–Crippen LogP) is 2.43. The van der Waals surface area contributed by atoms with E-state index >= 15 is 0 Å². The fourth-order valence-electron chi connectivity index (χ4n) is 2.30. The van der Waals surface area contributed by atoms with Crippen molar-refractivity contribution in [2.75, 3.05) is 13.2 Å². The van der Waals surface area contributed by atoms with E-state index in [0.717, 1.165) is 31.7 Å². The molecule has 0 aliphatic carbocycles. The second-order valence-electron chi connectivity index (χ2n) is 4.96. The minimum absolute atomic E-state index is 0.333. The number of carboxylic acids is 1. The second kappa shape index (κ2) is 7.26. The van der Waals surface area contributed by atoms with E-state index in [-0.39, 0.29) is 0 Å². The van der Waals surface area contributed by atoms with E-state index in [4.69, 9.17) is 9.84 Å². The fraction of sp³-hybridized carbons (Fsp3) is 0.533. The first-order chi connectivity index (χ1) is 9.25. The Hall–Kier alpha value is -1.39. The van der Waals surface area contributed by atoms with Gasteiger partial charge in [0.05, 0.1) is 11.7 Å². The highest BCUT2D eigenvalue weighted by Crippen LogP contribution is 2.14. The van der Waals surface area contributed by atoms with Gasteiger partial charge in [-0.2, -0.15) is 0 Å². The normalized spacial score (nSPS) is 19.3. The lowest BCUT2D eigenvalue weighted by Crippen LogP contribution is -2.25. The van der Waals surface area contributed by atoms with Crippen LogP contribution >= 0.6 is 0 Å². The lowest BCUT2D eigenvalue weighted by atomic mass is 10.1. The molecule has 2 N–H and O–H groups in total. The summed E-state index contributed by atoms with van der Waals surface area (Å²) in [5, 5.41) is 12.2. The number of hydrogen-bond acceptors (Lipinski definition) is 3. The van der Waals surface area contributed by atoms with Gasteiger partial charge in [0, 0.05) is 13.2 Å². The van der Waals surface area contributed by atoms with Crippen LogP contribution in [-0.2, 0) is 11.3 Å². The van der Waals surface area contributed by atoms with E-state index in [1.807, 2.05) is 12.1 Å². The van der Waals surface area contributed by atoms with E-state index in [1.165, 1.54) is 19.3 Å². The number of benzene rings is 1. The van der Waals surface area contributed by atoms with Crippen LogP contribution in [0.15, 0.2) is 24.3 Å². The van der Waals surface area contributed by atoms with Crippen LogP contribution in [0.25, 0.3) is 0 Å². The lowest BCUT2D eigenvalue weighted by Gasteiger charge is -2.22. The minimum Gasteiger partial charge on any atom is -0.478 e. The highest BCUT2D eigenvalue weighted by molar-refractivity contribution is 5.87. The molecule has 4 nitrogen and oxygen atoms in total. The summed E-state index contributed by atoms with van der Waals surface area (Å²) >= 11 is 0. The molecular weight excluding hydrogens is 242 g/mol. The lowest BCUT2D eigenvalue weighted by molar-refractivity contribution is 0.0115. The summed E-state index contributed by atoms with van der Waals surface area (Å²) in [5.74, 6) is -0.881. The maximum Gasteiger partial charge on any atom is 0.335 e. The molecule has 2 rings (SSSR count). The molecule has 1 aromatic carbocycles. The van der Waals surface area contributed by atoms with Gasteiger partial charge in [0.1, 0.15) is 0 Å². The van der Waals surface area contributed by atoms with Gasteiger partial charge in [-0.1, -0.05) is 12.1 Å². The van der Waals surface area contributed by atoms with Crippen LogP contribution < -0.4 is 5.32 Å². The fourth-order valence-corrected chi connectivity index (χ4v) is 2.30. The number of hydrogen-bond donors (Lipinski definition) is 2. The van der Waals surface area contributed by atoms with Gasteiger partial charge in [-0.3, -0.25) is 0 Å². The van der Waals surface area contributed by atoms with E-state index < -0.39 is 5.97 Å². The third-order valence-electron chi connectivity index (χ3n) is 3.45. The minimum atomic E-state index is -0.881. The quantitative estimate of drug-likeness (QED) is 0.774. The predicted molar refractivity (Wildman–Crippen MR) is 73.3 cm³/mol. The Morgan fingerprint density at radius 3 is 2.74 bits per heavy atom. The van der Waals surface area contributed by atoms with Gasteiger partial charge in [0.15, 0.2) is 0 Å². The molecular formula is C15H21NO3. The van der Waals surface area contributed by atoms with Gasteiger partial charge in [-0.25, -0.2) is 4.79 Å². The van der Waals surface area contributed by atoms with E-state index in [9.17, 15) is 4.79 Å². The van der Waals surface area contributed by atoms with Crippen LogP contribution in [0.4, 0.5) is 0 Å². The molecule has 0 saturated carbocycles. The van der Waals surface area contributed by atoms with Gasteiger partial charge in [-0.15, -0.1) is 0 Å². The summed E-state index contributed by atoms with van der Waals surface area (Å²) in [4.78, 5) is 10.7.